The average molecular weight is 471 g/mol. The number of esters is 1. The van der Waals surface area contributed by atoms with E-state index in [4.69, 9.17) is 23.2 Å². The number of carbonyl (C=O) groups excluding carboxylic acids is 2. The fraction of sp³-hybridized carbons (Fsp3) is 0.222. The summed E-state index contributed by atoms with van der Waals surface area (Å²) >= 11 is 11.6. The molecule has 2 aromatic carbocycles. The largest absolute Gasteiger partial charge is 0.463 e. The first-order valence-corrected chi connectivity index (χ1v) is 8.91. The van der Waals surface area contributed by atoms with Crippen molar-refractivity contribution in [3.8, 4) is 0 Å². The van der Waals surface area contributed by atoms with Crippen molar-refractivity contribution in [1.82, 2.24) is 5.32 Å². The van der Waals surface area contributed by atoms with Gasteiger partial charge in [0.15, 0.2) is 11.6 Å². The van der Waals surface area contributed by atoms with E-state index in [9.17, 15) is 31.5 Å². The topological polar surface area (TPSA) is 67.4 Å². The Kier molecular flexibility index (Phi) is 7.14. The van der Waals surface area contributed by atoms with Crippen LogP contribution in [0.15, 0.2) is 36.4 Å². The first-order chi connectivity index (χ1) is 13.9. The maximum atomic E-state index is 14.1. The van der Waals surface area contributed by atoms with Crippen LogP contribution in [0.5, 0.6) is 0 Å². The fourth-order valence-electron chi connectivity index (χ4n) is 2.33. The highest BCUT2D eigenvalue weighted by Gasteiger charge is 2.63. The molecule has 12 heteroatoms. The SMILES string of the molecule is CCOC(=O)C(NC(=O)c1ccc(Cl)cc1Cl)(Nc1ccc(F)c(F)c1)C(F)(F)F. The van der Waals surface area contributed by atoms with Gasteiger partial charge < -0.3 is 15.4 Å². The van der Waals surface area contributed by atoms with Crippen molar-refractivity contribution in [3.05, 3.63) is 63.6 Å². The molecule has 0 saturated carbocycles. The third-order valence-electron chi connectivity index (χ3n) is 3.74. The molecule has 0 aromatic heterocycles. The summed E-state index contributed by atoms with van der Waals surface area (Å²) in [5, 5.41) is 3.06. The Morgan fingerprint density at radius 3 is 2.23 bits per heavy atom. The zero-order valence-corrected chi connectivity index (χ0v) is 16.6. The third-order valence-corrected chi connectivity index (χ3v) is 4.28. The van der Waals surface area contributed by atoms with Crippen LogP contribution >= 0.6 is 23.2 Å². The van der Waals surface area contributed by atoms with E-state index in [0.717, 1.165) is 18.2 Å². The lowest BCUT2D eigenvalue weighted by molar-refractivity contribution is -0.204. The molecule has 0 aliphatic carbocycles. The van der Waals surface area contributed by atoms with Gasteiger partial charge in [-0.3, -0.25) is 4.79 Å². The number of ether oxygens (including phenoxy) is 1. The molecule has 0 spiro atoms. The molecule has 0 aliphatic heterocycles. The van der Waals surface area contributed by atoms with E-state index in [1.807, 2.05) is 0 Å². The number of alkyl halides is 3. The molecule has 0 radical (unpaired) electrons. The lowest BCUT2D eigenvalue weighted by atomic mass is 10.1. The number of anilines is 1. The number of nitrogens with one attached hydrogen (secondary N) is 2. The van der Waals surface area contributed by atoms with Crippen molar-refractivity contribution in [2.24, 2.45) is 0 Å². The van der Waals surface area contributed by atoms with Gasteiger partial charge in [0.05, 0.1) is 17.2 Å². The van der Waals surface area contributed by atoms with Crippen molar-refractivity contribution < 1.29 is 36.3 Å². The Morgan fingerprint density at radius 1 is 1.03 bits per heavy atom. The quantitative estimate of drug-likeness (QED) is 0.356. The molecule has 30 heavy (non-hydrogen) atoms. The Hall–Kier alpha value is -2.59. The van der Waals surface area contributed by atoms with Gasteiger partial charge >= 0.3 is 17.8 Å². The molecular weight excluding hydrogens is 458 g/mol. The number of halogens is 7. The summed E-state index contributed by atoms with van der Waals surface area (Å²) in [5.41, 5.74) is -4.92. The van der Waals surface area contributed by atoms with E-state index >= 15 is 0 Å². The minimum Gasteiger partial charge on any atom is -0.463 e. The number of hydrogen-bond acceptors (Lipinski definition) is 4. The van der Waals surface area contributed by atoms with Gasteiger partial charge in [-0.15, -0.1) is 0 Å². The van der Waals surface area contributed by atoms with Gasteiger partial charge in [-0.2, -0.15) is 13.2 Å². The predicted octanol–water partition coefficient (Wildman–Crippen LogP) is 4.94. The van der Waals surface area contributed by atoms with Crippen LogP contribution in [0.4, 0.5) is 27.6 Å². The van der Waals surface area contributed by atoms with Crippen molar-refractivity contribution in [1.29, 1.82) is 0 Å². The molecule has 0 heterocycles. The number of hydrogen-bond donors (Lipinski definition) is 2. The van der Waals surface area contributed by atoms with Gasteiger partial charge in [-0.25, -0.2) is 13.6 Å². The molecule has 162 valence electrons. The normalized spacial score (nSPS) is 13.3. The van der Waals surface area contributed by atoms with Crippen LogP contribution in [-0.2, 0) is 9.53 Å². The number of rotatable bonds is 6. The maximum Gasteiger partial charge on any atom is 0.441 e. The highest BCUT2D eigenvalue weighted by molar-refractivity contribution is 6.36. The highest BCUT2D eigenvalue weighted by Crippen LogP contribution is 2.34. The summed E-state index contributed by atoms with van der Waals surface area (Å²) in [5.74, 6) is -6.14. The highest BCUT2D eigenvalue weighted by atomic mass is 35.5. The second-order valence-corrected chi connectivity index (χ2v) is 6.64. The molecule has 1 amide bonds. The first-order valence-electron chi connectivity index (χ1n) is 8.16. The van der Waals surface area contributed by atoms with Gasteiger partial charge in [0, 0.05) is 16.8 Å². The molecular formula is C18H13Cl2F5N2O3. The van der Waals surface area contributed by atoms with Crippen molar-refractivity contribution >= 4 is 40.8 Å². The lowest BCUT2D eigenvalue weighted by Crippen LogP contribution is -2.69. The van der Waals surface area contributed by atoms with Gasteiger partial charge in [0.1, 0.15) is 0 Å². The Morgan fingerprint density at radius 2 is 1.70 bits per heavy atom. The summed E-state index contributed by atoms with van der Waals surface area (Å²) < 4.78 is 73.3. The minimum absolute atomic E-state index is 0.115. The van der Waals surface area contributed by atoms with Gasteiger partial charge in [-0.1, -0.05) is 23.2 Å². The third kappa shape index (κ3) is 4.93. The van der Waals surface area contributed by atoms with Crippen LogP contribution in [0, 0.1) is 11.6 Å². The lowest BCUT2D eigenvalue weighted by Gasteiger charge is -2.35. The standard InChI is InChI=1S/C18H13Cl2F5N2O3/c1-2-30-16(29)17(18(23,24)25,26-10-4-6-13(21)14(22)8-10)27-15(28)11-5-3-9(19)7-12(11)20/h3-8,26H,2H2,1H3,(H,27,28). The molecule has 2 aromatic rings. The van der Waals surface area contributed by atoms with Crippen LogP contribution in [0.3, 0.4) is 0 Å². The van der Waals surface area contributed by atoms with Gasteiger partial charge in [0.25, 0.3) is 5.91 Å². The molecule has 0 aliphatic rings. The summed E-state index contributed by atoms with van der Waals surface area (Å²) in [7, 11) is 0. The zero-order valence-electron chi connectivity index (χ0n) is 15.0. The Labute approximate surface area is 177 Å². The first kappa shape index (κ1) is 23.7. The molecule has 0 fully saturated rings. The molecule has 1 unspecified atom stereocenters. The van der Waals surface area contributed by atoms with Crippen molar-refractivity contribution in [2.75, 3.05) is 11.9 Å². The van der Waals surface area contributed by atoms with E-state index in [1.165, 1.54) is 18.3 Å². The fourth-order valence-corrected chi connectivity index (χ4v) is 2.83. The average Bonchev–Trinajstić information content (AvgIpc) is 2.63. The van der Waals surface area contributed by atoms with Crippen LogP contribution in [0.25, 0.3) is 0 Å². The molecule has 0 saturated heterocycles. The monoisotopic (exact) mass is 470 g/mol. The Bertz CT molecular complexity index is 971. The van der Waals surface area contributed by atoms with Crippen LogP contribution in [-0.4, -0.2) is 30.3 Å². The van der Waals surface area contributed by atoms with E-state index in [1.54, 1.807) is 5.32 Å². The number of benzene rings is 2. The molecule has 2 N–H and O–H groups in total. The minimum atomic E-state index is -5.47. The Balaban J connectivity index is 2.56. The van der Waals surface area contributed by atoms with E-state index in [2.05, 4.69) is 4.74 Å². The van der Waals surface area contributed by atoms with Gasteiger partial charge in [-0.05, 0) is 37.3 Å². The maximum absolute atomic E-state index is 14.1. The van der Waals surface area contributed by atoms with Crippen molar-refractivity contribution in [3.63, 3.8) is 0 Å². The van der Waals surface area contributed by atoms with Crippen LogP contribution in [0.2, 0.25) is 10.0 Å². The summed E-state index contributed by atoms with van der Waals surface area (Å²) in [6, 6.07) is 5.03. The zero-order chi connectivity index (χ0) is 22.7. The molecule has 0 bridgehead atoms. The summed E-state index contributed by atoms with van der Waals surface area (Å²) in [6.45, 7) is 0.780. The van der Waals surface area contributed by atoms with Gasteiger partial charge in [0.2, 0.25) is 0 Å². The van der Waals surface area contributed by atoms with E-state index in [0.29, 0.717) is 12.1 Å². The summed E-state index contributed by atoms with van der Waals surface area (Å²) in [4.78, 5) is 24.9. The van der Waals surface area contributed by atoms with Crippen LogP contribution < -0.4 is 10.6 Å². The number of carbonyl (C=O) groups is 2. The predicted molar refractivity (Wildman–Crippen MR) is 99.3 cm³/mol. The summed E-state index contributed by atoms with van der Waals surface area (Å²) in [6.07, 6.45) is -5.47. The molecule has 5 nitrogen and oxygen atoms in total. The molecule has 2 rings (SSSR count). The molecule has 1 atom stereocenters. The van der Waals surface area contributed by atoms with E-state index < -0.39 is 53.2 Å². The second-order valence-electron chi connectivity index (χ2n) is 5.80. The van der Waals surface area contributed by atoms with E-state index in [-0.39, 0.29) is 10.0 Å². The van der Waals surface area contributed by atoms with Crippen LogP contribution in [0.1, 0.15) is 17.3 Å². The number of amides is 1. The second kappa shape index (κ2) is 9.05. The smallest absolute Gasteiger partial charge is 0.441 e. The van der Waals surface area contributed by atoms with Crippen molar-refractivity contribution in [2.45, 2.75) is 18.8 Å².